The van der Waals surface area contributed by atoms with E-state index in [4.69, 9.17) is 18.9 Å². The monoisotopic (exact) mass is 420 g/mol. The van der Waals surface area contributed by atoms with Crippen LogP contribution in [0.4, 0.5) is 5.13 Å². The molecule has 0 fully saturated rings. The molecule has 2 aromatic carbocycles. The van der Waals surface area contributed by atoms with Gasteiger partial charge in [-0.25, -0.2) is 4.98 Å². The number of thiazole rings is 1. The van der Waals surface area contributed by atoms with E-state index in [9.17, 15) is 4.79 Å². The minimum absolute atomic E-state index is 0.146. The Labute approximate surface area is 177 Å². The van der Waals surface area contributed by atoms with E-state index in [1.165, 1.54) is 11.3 Å². The zero-order valence-corrected chi connectivity index (χ0v) is 17.4. The fourth-order valence-corrected chi connectivity index (χ4v) is 4.59. The van der Waals surface area contributed by atoms with Crippen LogP contribution in [0.25, 0.3) is 10.2 Å². The minimum Gasteiger partial charge on any atom is -0.485 e. The van der Waals surface area contributed by atoms with Gasteiger partial charge in [-0.05, 0) is 49.2 Å². The highest BCUT2D eigenvalue weighted by atomic mass is 32.1. The zero-order chi connectivity index (χ0) is 20.7. The lowest BCUT2D eigenvalue weighted by Crippen LogP contribution is -2.46. The number of nitrogens with zero attached hydrogens (tertiary/aromatic N) is 2. The number of hydrogen-bond acceptors (Lipinski definition) is 6. The Morgan fingerprint density at radius 3 is 2.67 bits per heavy atom. The SMILES string of the molecule is Cc1ccc(C)c2sc(N(Cc3ccco3)C(=O)C3COc4ccccc4O3)nc12. The predicted octanol–water partition coefficient (Wildman–Crippen LogP) is 4.88. The van der Waals surface area contributed by atoms with E-state index in [1.807, 2.05) is 31.2 Å². The van der Waals surface area contributed by atoms with Crippen LogP contribution in [0.15, 0.2) is 59.2 Å². The molecule has 1 unspecified atom stereocenters. The molecule has 30 heavy (non-hydrogen) atoms. The molecule has 0 saturated carbocycles. The van der Waals surface area contributed by atoms with E-state index in [1.54, 1.807) is 23.3 Å². The van der Waals surface area contributed by atoms with Crippen molar-refractivity contribution in [2.75, 3.05) is 11.5 Å². The molecule has 0 radical (unpaired) electrons. The molecule has 0 saturated heterocycles. The Kier molecular flexibility index (Phi) is 4.67. The van der Waals surface area contributed by atoms with E-state index in [2.05, 4.69) is 19.1 Å². The summed E-state index contributed by atoms with van der Waals surface area (Å²) in [6.45, 7) is 4.50. The number of carbonyl (C=O) groups is 1. The second-order valence-corrected chi connectivity index (χ2v) is 8.22. The molecule has 4 aromatic rings. The summed E-state index contributed by atoms with van der Waals surface area (Å²) < 4.78 is 18.3. The molecule has 1 amide bonds. The fourth-order valence-electron chi connectivity index (χ4n) is 3.48. The molecule has 1 atom stereocenters. The fraction of sp³-hybridized carbons (Fsp3) is 0.217. The van der Waals surface area contributed by atoms with Gasteiger partial charge in [0, 0.05) is 0 Å². The standard InChI is InChI=1S/C23H20N2O4S/c1-14-9-10-15(2)21-20(14)24-23(30-21)25(12-16-6-5-11-27-16)22(26)19-13-28-17-7-3-4-8-18(17)29-19/h3-11,19H,12-13H2,1-2H3. The summed E-state index contributed by atoms with van der Waals surface area (Å²) >= 11 is 1.50. The highest BCUT2D eigenvalue weighted by Gasteiger charge is 2.34. The van der Waals surface area contributed by atoms with Gasteiger partial charge >= 0.3 is 0 Å². The Balaban J connectivity index is 1.52. The first-order valence-corrected chi connectivity index (χ1v) is 10.5. The third-order valence-corrected chi connectivity index (χ3v) is 6.32. The van der Waals surface area contributed by atoms with Gasteiger partial charge in [-0.3, -0.25) is 9.69 Å². The first-order chi connectivity index (χ1) is 14.6. The number of carbonyl (C=O) groups excluding carboxylic acids is 1. The maximum absolute atomic E-state index is 13.5. The van der Waals surface area contributed by atoms with Gasteiger partial charge in [0.15, 0.2) is 16.6 Å². The first kappa shape index (κ1) is 18.7. The molecule has 6 nitrogen and oxygen atoms in total. The summed E-state index contributed by atoms with van der Waals surface area (Å²) in [6.07, 6.45) is 0.838. The molecular weight excluding hydrogens is 400 g/mol. The number of amides is 1. The number of aryl methyl sites for hydroxylation is 2. The number of hydrogen-bond donors (Lipinski definition) is 0. The Morgan fingerprint density at radius 1 is 1.10 bits per heavy atom. The van der Waals surface area contributed by atoms with Gasteiger partial charge in [0.2, 0.25) is 6.10 Å². The van der Waals surface area contributed by atoms with Gasteiger partial charge < -0.3 is 13.9 Å². The lowest BCUT2D eigenvalue weighted by atomic mass is 10.1. The largest absolute Gasteiger partial charge is 0.485 e. The molecule has 1 aliphatic rings. The van der Waals surface area contributed by atoms with Crippen LogP contribution < -0.4 is 14.4 Å². The predicted molar refractivity (Wildman–Crippen MR) is 115 cm³/mol. The third-order valence-electron chi connectivity index (χ3n) is 5.11. The van der Waals surface area contributed by atoms with Crippen molar-refractivity contribution in [2.24, 2.45) is 0 Å². The minimum atomic E-state index is -0.760. The van der Waals surface area contributed by atoms with E-state index < -0.39 is 6.10 Å². The van der Waals surface area contributed by atoms with Gasteiger partial charge in [0.25, 0.3) is 5.91 Å². The second-order valence-electron chi connectivity index (χ2n) is 7.24. The average Bonchev–Trinajstić information content (AvgIpc) is 3.44. The van der Waals surface area contributed by atoms with Crippen LogP contribution in [0, 0.1) is 13.8 Å². The van der Waals surface area contributed by atoms with Crippen molar-refractivity contribution in [3.05, 3.63) is 71.7 Å². The molecule has 0 spiro atoms. The van der Waals surface area contributed by atoms with Crippen LogP contribution in [0.1, 0.15) is 16.9 Å². The van der Waals surface area contributed by atoms with Crippen molar-refractivity contribution in [1.29, 1.82) is 0 Å². The zero-order valence-electron chi connectivity index (χ0n) is 16.6. The van der Waals surface area contributed by atoms with Crippen molar-refractivity contribution < 1.29 is 18.7 Å². The number of anilines is 1. The van der Waals surface area contributed by atoms with Gasteiger partial charge in [0.05, 0.1) is 23.0 Å². The van der Waals surface area contributed by atoms with Crippen LogP contribution >= 0.6 is 11.3 Å². The number of rotatable bonds is 4. The van der Waals surface area contributed by atoms with Gasteiger partial charge in [-0.2, -0.15) is 0 Å². The van der Waals surface area contributed by atoms with Crippen LogP contribution in [0.2, 0.25) is 0 Å². The van der Waals surface area contributed by atoms with Crippen molar-refractivity contribution in [3.8, 4) is 11.5 Å². The smallest absolute Gasteiger partial charge is 0.273 e. The van der Waals surface area contributed by atoms with Gasteiger partial charge in [-0.1, -0.05) is 35.6 Å². The van der Waals surface area contributed by atoms with Gasteiger partial charge in [0.1, 0.15) is 12.4 Å². The lowest BCUT2D eigenvalue weighted by Gasteiger charge is -2.29. The van der Waals surface area contributed by atoms with E-state index in [0.29, 0.717) is 22.4 Å². The van der Waals surface area contributed by atoms with Crippen LogP contribution in [-0.2, 0) is 11.3 Å². The summed E-state index contributed by atoms with van der Waals surface area (Å²) in [6, 6.07) is 15.1. The molecule has 0 bridgehead atoms. The summed E-state index contributed by atoms with van der Waals surface area (Å²) in [5.74, 6) is 1.67. The maximum Gasteiger partial charge on any atom is 0.273 e. The number of aromatic nitrogens is 1. The average molecular weight is 420 g/mol. The van der Waals surface area contributed by atoms with Crippen molar-refractivity contribution in [3.63, 3.8) is 0 Å². The third kappa shape index (κ3) is 3.31. The summed E-state index contributed by atoms with van der Waals surface area (Å²) in [4.78, 5) is 20.0. The van der Waals surface area contributed by atoms with Crippen molar-refractivity contribution >= 4 is 32.6 Å². The maximum atomic E-state index is 13.5. The van der Waals surface area contributed by atoms with E-state index >= 15 is 0 Å². The quantitative estimate of drug-likeness (QED) is 0.471. The van der Waals surface area contributed by atoms with E-state index in [-0.39, 0.29) is 19.1 Å². The van der Waals surface area contributed by atoms with Crippen molar-refractivity contribution in [2.45, 2.75) is 26.5 Å². The van der Waals surface area contributed by atoms with Crippen LogP contribution in [0.3, 0.4) is 0 Å². The molecule has 2 aromatic heterocycles. The number of fused-ring (bicyclic) bond motifs is 2. The first-order valence-electron chi connectivity index (χ1n) is 9.69. The van der Waals surface area contributed by atoms with Gasteiger partial charge in [-0.15, -0.1) is 0 Å². The molecule has 0 aliphatic carbocycles. The van der Waals surface area contributed by atoms with Crippen LogP contribution in [0.5, 0.6) is 11.5 Å². The molecule has 0 N–H and O–H groups in total. The Morgan fingerprint density at radius 2 is 1.90 bits per heavy atom. The highest BCUT2D eigenvalue weighted by molar-refractivity contribution is 7.22. The van der Waals surface area contributed by atoms with Crippen LogP contribution in [-0.4, -0.2) is 23.6 Å². The number of benzene rings is 2. The number of furan rings is 1. The lowest BCUT2D eigenvalue weighted by molar-refractivity contribution is -0.127. The molecular formula is C23H20N2O4S. The summed E-state index contributed by atoms with van der Waals surface area (Å²) in [7, 11) is 0. The normalized spacial score (nSPS) is 15.3. The Hall–Kier alpha value is -3.32. The van der Waals surface area contributed by atoms with E-state index in [0.717, 1.165) is 21.3 Å². The molecule has 5 rings (SSSR count). The molecule has 3 heterocycles. The molecule has 152 valence electrons. The van der Waals surface area contributed by atoms with Crippen molar-refractivity contribution in [1.82, 2.24) is 4.98 Å². The molecule has 1 aliphatic heterocycles. The Bertz CT molecular complexity index is 1180. The second kappa shape index (κ2) is 7.50. The highest BCUT2D eigenvalue weighted by Crippen LogP contribution is 2.36. The summed E-state index contributed by atoms with van der Waals surface area (Å²) in [5.41, 5.74) is 3.13. The molecule has 7 heteroatoms. The number of ether oxygens (including phenoxy) is 2. The number of para-hydroxylation sites is 2. The topological polar surface area (TPSA) is 64.8 Å². The summed E-state index contributed by atoms with van der Waals surface area (Å²) in [5, 5.41) is 0.617.